The number of likely N-dealkylation sites (tertiary alicyclic amines) is 1. The summed E-state index contributed by atoms with van der Waals surface area (Å²) >= 11 is 0. The van der Waals surface area contributed by atoms with Crippen molar-refractivity contribution in [3.8, 4) is 11.3 Å². The summed E-state index contributed by atoms with van der Waals surface area (Å²) in [6.45, 7) is 5.85. The molecule has 0 aliphatic carbocycles. The van der Waals surface area contributed by atoms with Gasteiger partial charge in [-0.2, -0.15) is 5.10 Å². The number of nitrogens with one attached hydrogen (secondary N) is 2. The summed E-state index contributed by atoms with van der Waals surface area (Å²) in [5.41, 5.74) is 2.47. The molecular weight excluding hydrogens is 288 g/mol. The molecular formula is C18H24N4O. The van der Waals surface area contributed by atoms with Crippen molar-refractivity contribution in [2.24, 2.45) is 5.92 Å². The molecule has 5 heteroatoms. The van der Waals surface area contributed by atoms with Gasteiger partial charge < -0.3 is 10.2 Å². The average Bonchev–Trinajstić information content (AvgIpc) is 3.10. The molecule has 23 heavy (non-hydrogen) atoms. The van der Waals surface area contributed by atoms with Crippen LogP contribution in [0, 0.1) is 5.92 Å². The Hall–Kier alpha value is -2.14. The topological polar surface area (TPSA) is 61.0 Å². The molecule has 2 N–H and O–H groups in total. The van der Waals surface area contributed by atoms with Crippen LogP contribution in [0.15, 0.2) is 36.5 Å². The molecule has 1 aromatic heterocycles. The fraction of sp³-hybridized carbons (Fsp3) is 0.444. The molecule has 1 amide bonds. The normalized spacial score (nSPS) is 15.8. The fourth-order valence-corrected chi connectivity index (χ4v) is 3.13. The number of benzene rings is 1. The van der Waals surface area contributed by atoms with Crippen molar-refractivity contribution in [3.63, 3.8) is 0 Å². The van der Waals surface area contributed by atoms with Gasteiger partial charge in [-0.25, -0.2) is 0 Å². The Balaban J connectivity index is 1.67. The fourth-order valence-electron chi connectivity index (χ4n) is 3.13. The molecule has 2 aromatic rings. The minimum Gasteiger partial charge on any atom is -0.339 e. The van der Waals surface area contributed by atoms with Gasteiger partial charge in [-0.05, 0) is 31.8 Å². The molecule has 1 aromatic carbocycles. The first-order chi connectivity index (χ1) is 11.3. The summed E-state index contributed by atoms with van der Waals surface area (Å²) in [5, 5.41) is 10.5. The highest BCUT2D eigenvalue weighted by molar-refractivity contribution is 5.99. The molecule has 5 nitrogen and oxygen atoms in total. The van der Waals surface area contributed by atoms with E-state index in [1.807, 2.05) is 35.2 Å². The Morgan fingerprint density at radius 2 is 2.04 bits per heavy atom. The number of hydrogen-bond acceptors (Lipinski definition) is 3. The Bertz CT molecular complexity index is 629. The lowest BCUT2D eigenvalue weighted by atomic mass is 9.96. The van der Waals surface area contributed by atoms with Gasteiger partial charge in [0.05, 0.1) is 17.5 Å². The molecule has 0 spiro atoms. The van der Waals surface area contributed by atoms with Crippen molar-refractivity contribution >= 4 is 5.91 Å². The van der Waals surface area contributed by atoms with Crippen LogP contribution in [-0.4, -0.2) is 47.2 Å². The highest BCUT2D eigenvalue weighted by Gasteiger charge is 2.26. The number of amides is 1. The summed E-state index contributed by atoms with van der Waals surface area (Å²) in [7, 11) is 0. The van der Waals surface area contributed by atoms with Gasteiger partial charge in [0.1, 0.15) is 0 Å². The lowest BCUT2D eigenvalue weighted by Gasteiger charge is -2.32. The number of carbonyl (C=O) groups excluding carboxylic acids is 1. The van der Waals surface area contributed by atoms with Gasteiger partial charge in [-0.1, -0.05) is 37.3 Å². The first-order valence-electron chi connectivity index (χ1n) is 8.38. The van der Waals surface area contributed by atoms with Gasteiger partial charge in [-0.15, -0.1) is 0 Å². The maximum Gasteiger partial charge on any atom is 0.257 e. The Labute approximate surface area is 137 Å². The molecule has 1 fully saturated rings. The molecule has 1 aliphatic rings. The van der Waals surface area contributed by atoms with Crippen LogP contribution in [0.3, 0.4) is 0 Å². The van der Waals surface area contributed by atoms with Gasteiger partial charge in [0, 0.05) is 18.7 Å². The van der Waals surface area contributed by atoms with Crippen LogP contribution in [0.2, 0.25) is 0 Å². The van der Waals surface area contributed by atoms with Crippen LogP contribution in [0.4, 0.5) is 0 Å². The number of aromatic nitrogens is 2. The molecule has 3 rings (SSSR count). The van der Waals surface area contributed by atoms with Crippen molar-refractivity contribution < 1.29 is 4.79 Å². The second-order valence-corrected chi connectivity index (χ2v) is 6.07. The van der Waals surface area contributed by atoms with Gasteiger partial charge in [-0.3, -0.25) is 9.89 Å². The second-order valence-electron chi connectivity index (χ2n) is 6.07. The van der Waals surface area contributed by atoms with Crippen LogP contribution >= 0.6 is 0 Å². The van der Waals surface area contributed by atoms with Crippen molar-refractivity contribution in [3.05, 3.63) is 42.1 Å². The summed E-state index contributed by atoms with van der Waals surface area (Å²) in [5.74, 6) is 0.761. The van der Waals surface area contributed by atoms with Gasteiger partial charge in [0.25, 0.3) is 5.91 Å². The summed E-state index contributed by atoms with van der Waals surface area (Å²) in [6.07, 6.45) is 3.78. The van der Waals surface area contributed by atoms with E-state index in [1.54, 1.807) is 6.20 Å². The SMILES string of the molecule is CCNCC1CCN(C(=O)c2cn[nH]c2-c2ccccc2)CC1. The lowest BCUT2D eigenvalue weighted by molar-refractivity contribution is 0.0691. The zero-order chi connectivity index (χ0) is 16.1. The summed E-state index contributed by atoms with van der Waals surface area (Å²) in [4.78, 5) is 14.8. The quantitative estimate of drug-likeness (QED) is 0.892. The molecule has 0 atom stereocenters. The molecule has 0 unspecified atom stereocenters. The predicted octanol–water partition coefficient (Wildman–Crippen LogP) is 2.54. The Morgan fingerprint density at radius 3 is 2.74 bits per heavy atom. The van der Waals surface area contributed by atoms with Crippen LogP contribution < -0.4 is 5.32 Å². The highest BCUT2D eigenvalue weighted by Crippen LogP contribution is 2.24. The summed E-state index contributed by atoms with van der Waals surface area (Å²) < 4.78 is 0. The number of aromatic amines is 1. The van der Waals surface area contributed by atoms with E-state index in [9.17, 15) is 4.79 Å². The monoisotopic (exact) mass is 312 g/mol. The van der Waals surface area contributed by atoms with Crippen molar-refractivity contribution in [2.75, 3.05) is 26.2 Å². The standard InChI is InChI=1S/C18H24N4O/c1-2-19-12-14-8-10-22(11-9-14)18(23)16-13-20-21-17(16)15-6-4-3-5-7-15/h3-7,13-14,19H,2,8-12H2,1H3,(H,20,21). The molecule has 1 aliphatic heterocycles. The van der Waals surface area contributed by atoms with E-state index in [-0.39, 0.29) is 5.91 Å². The van der Waals surface area contributed by atoms with Crippen molar-refractivity contribution in [1.82, 2.24) is 20.4 Å². The van der Waals surface area contributed by atoms with E-state index in [2.05, 4.69) is 22.4 Å². The van der Waals surface area contributed by atoms with E-state index in [4.69, 9.17) is 0 Å². The molecule has 0 radical (unpaired) electrons. The third kappa shape index (κ3) is 3.62. The number of piperidine rings is 1. The minimum atomic E-state index is 0.0829. The van der Waals surface area contributed by atoms with Crippen LogP contribution in [-0.2, 0) is 0 Å². The highest BCUT2D eigenvalue weighted by atomic mass is 16.2. The average molecular weight is 312 g/mol. The zero-order valence-electron chi connectivity index (χ0n) is 13.6. The first kappa shape index (κ1) is 15.7. The molecule has 122 valence electrons. The van der Waals surface area contributed by atoms with E-state index >= 15 is 0 Å². The van der Waals surface area contributed by atoms with Gasteiger partial charge >= 0.3 is 0 Å². The number of H-pyrrole nitrogens is 1. The third-order valence-electron chi connectivity index (χ3n) is 4.52. The molecule has 0 bridgehead atoms. The van der Waals surface area contributed by atoms with Gasteiger partial charge in [0.15, 0.2) is 0 Å². The summed E-state index contributed by atoms with van der Waals surface area (Å²) in [6, 6.07) is 9.89. The molecule has 2 heterocycles. The van der Waals surface area contributed by atoms with E-state index in [0.29, 0.717) is 11.5 Å². The maximum atomic E-state index is 12.8. The van der Waals surface area contributed by atoms with Crippen molar-refractivity contribution in [2.45, 2.75) is 19.8 Å². The van der Waals surface area contributed by atoms with Crippen LogP contribution in [0.25, 0.3) is 11.3 Å². The smallest absolute Gasteiger partial charge is 0.257 e. The predicted molar refractivity (Wildman–Crippen MR) is 91.2 cm³/mol. The first-order valence-corrected chi connectivity index (χ1v) is 8.38. The maximum absolute atomic E-state index is 12.8. The van der Waals surface area contributed by atoms with E-state index in [1.165, 1.54) is 0 Å². The van der Waals surface area contributed by atoms with Crippen molar-refractivity contribution in [1.29, 1.82) is 0 Å². The lowest BCUT2D eigenvalue weighted by Crippen LogP contribution is -2.40. The Morgan fingerprint density at radius 1 is 1.30 bits per heavy atom. The number of hydrogen-bond donors (Lipinski definition) is 2. The Kier molecular flexibility index (Phi) is 5.08. The van der Waals surface area contributed by atoms with E-state index < -0.39 is 0 Å². The van der Waals surface area contributed by atoms with Crippen LogP contribution in [0.1, 0.15) is 30.1 Å². The van der Waals surface area contributed by atoms with Gasteiger partial charge in [0.2, 0.25) is 0 Å². The number of carbonyl (C=O) groups is 1. The molecule has 0 saturated carbocycles. The van der Waals surface area contributed by atoms with E-state index in [0.717, 1.165) is 50.3 Å². The number of nitrogens with zero attached hydrogens (tertiary/aromatic N) is 2. The van der Waals surface area contributed by atoms with Crippen LogP contribution in [0.5, 0.6) is 0 Å². The second kappa shape index (κ2) is 7.42. The third-order valence-corrected chi connectivity index (χ3v) is 4.52. The zero-order valence-corrected chi connectivity index (χ0v) is 13.6. The largest absolute Gasteiger partial charge is 0.339 e. The minimum absolute atomic E-state index is 0.0829. The number of rotatable bonds is 5. The molecule has 1 saturated heterocycles.